The van der Waals surface area contributed by atoms with E-state index in [9.17, 15) is 0 Å². The van der Waals surface area contributed by atoms with Crippen LogP contribution in [0.2, 0.25) is 0 Å². The van der Waals surface area contributed by atoms with E-state index in [0.29, 0.717) is 0 Å². The summed E-state index contributed by atoms with van der Waals surface area (Å²) in [5.74, 6) is 0. The van der Waals surface area contributed by atoms with Crippen LogP contribution in [0, 0.1) is 11.3 Å². The van der Waals surface area contributed by atoms with E-state index < -0.39 is 5.38 Å². The number of nitrogens with zero attached hydrogens (tertiary/aromatic N) is 3. The van der Waals surface area contributed by atoms with Crippen molar-refractivity contribution in [2.75, 3.05) is 0 Å². The van der Waals surface area contributed by atoms with Crippen molar-refractivity contribution < 1.29 is 0 Å². The van der Waals surface area contributed by atoms with Gasteiger partial charge in [-0.05, 0) is 33.6 Å². The molecule has 0 aliphatic rings. The van der Waals surface area contributed by atoms with E-state index in [2.05, 4.69) is 21.0 Å². The first-order valence-electron chi connectivity index (χ1n) is 4.55. The maximum atomic E-state index is 8.67. The molecule has 1 atom stereocenters. The fraction of sp³-hybridized carbons (Fsp3) is 0.0909. The third-order valence-corrected chi connectivity index (χ3v) is 2.87. The van der Waals surface area contributed by atoms with Crippen molar-refractivity contribution in [1.82, 2.24) is 9.78 Å². The number of benzene rings is 1. The van der Waals surface area contributed by atoms with Crippen molar-refractivity contribution in [2.45, 2.75) is 5.38 Å². The Balaban J connectivity index is 2.30. The molecule has 2 rings (SSSR count). The Morgan fingerprint density at radius 3 is 2.56 bits per heavy atom. The van der Waals surface area contributed by atoms with Crippen molar-refractivity contribution in [3.05, 3.63) is 46.7 Å². The second-order valence-electron chi connectivity index (χ2n) is 3.19. The highest BCUT2D eigenvalue weighted by Gasteiger charge is 2.06. The molecule has 0 spiro atoms. The zero-order valence-electron chi connectivity index (χ0n) is 8.14. The summed E-state index contributed by atoms with van der Waals surface area (Å²) in [5.41, 5.74) is 1.72. The van der Waals surface area contributed by atoms with Crippen molar-refractivity contribution in [1.29, 1.82) is 5.26 Å². The summed E-state index contributed by atoms with van der Waals surface area (Å²) in [5, 5.41) is 12.2. The Labute approximate surface area is 106 Å². The molecule has 3 nitrogen and oxygen atoms in total. The lowest BCUT2D eigenvalue weighted by Gasteiger charge is -2.04. The molecule has 0 N–H and O–H groups in total. The van der Waals surface area contributed by atoms with E-state index in [1.165, 1.54) is 0 Å². The monoisotopic (exact) mass is 295 g/mol. The molecule has 80 valence electrons. The Bertz CT molecular complexity index is 527. The van der Waals surface area contributed by atoms with Gasteiger partial charge >= 0.3 is 0 Å². The Hall–Kier alpha value is -1.31. The molecule has 0 fully saturated rings. The van der Waals surface area contributed by atoms with Gasteiger partial charge in [0, 0.05) is 6.20 Å². The minimum absolute atomic E-state index is 0.599. The summed E-state index contributed by atoms with van der Waals surface area (Å²) in [6.07, 6.45) is 3.57. The van der Waals surface area contributed by atoms with Gasteiger partial charge in [0.15, 0.2) is 0 Å². The first kappa shape index (κ1) is 11.2. The Kier molecular flexibility index (Phi) is 3.28. The topological polar surface area (TPSA) is 41.6 Å². The minimum atomic E-state index is -0.599. The van der Waals surface area contributed by atoms with Crippen LogP contribution in [0.5, 0.6) is 0 Å². The smallest absolute Gasteiger partial charge is 0.145 e. The van der Waals surface area contributed by atoms with E-state index in [-0.39, 0.29) is 0 Å². The van der Waals surface area contributed by atoms with Gasteiger partial charge in [-0.15, -0.1) is 11.6 Å². The van der Waals surface area contributed by atoms with Gasteiger partial charge in [-0.3, -0.25) is 0 Å². The molecule has 0 amide bonds. The second-order valence-corrected chi connectivity index (χ2v) is 4.54. The number of nitriles is 1. The van der Waals surface area contributed by atoms with E-state index >= 15 is 0 Å². The Morgan fingerprint density at radius 2 is 2.06 bits per heavy atom. The maximum absolute atomic E-state index is 8.67. The fourth-order valence-electron chi connectivity index (χ4n) is 1.31. The lowest BCUT2D eigenvalue weighted by atomic mass is 10.1. The van der Waals surface area contributed by atoms with Crippen LogP contribution in [0.3, 0.4) is 0 Å². The average molecular weight is 297 g/mol. The summed E-state index contributed by atoms with van der Waals surface area (Å²) >= 11 is 9.13. The SMILES string of the molecule is N#CC(Cl)c1ccc(-n2cc(Br)cn2)cc1. The number of hydrogen-bond donors (Lipinski definition) is 0. The van der Waals surface area contributed by atoms with E-state index in [4.69, 9.17) is 16.9 Å². The number of aromatic nitrogens is 2. The predicted octanol–water partition coefficient (Wildman–Crippen LogP) is 3.44. The van der Waals surface area contributed by atoms with Crippen LogP contribution in [0.1, 0.15) is 10.9 Å². The zero-order valence-corrected chi connectivity index (χ0v) is 10.5. The molecule has 0 saturated carbocycles. The molecule has 0 saturated heterocycles. The van der Waals surface area contributed by atoms with Crippen molar-refractivity contribution >= 4 is 27.5 Å². The Morgan fingerprint density at radius 1 is 1.38 bits per heavy atom. The average Bonchev–Trinajstić information content (AvgIpc) is 2.75. The quantitative estimate of drug-likeness (QED) is 0.797. The molecule has 1 unspecified atom stereocenters. The third-order valence-electron chi connectivity index (χ3n) is 2.11. The number of halogens is 2. The van der Waals surface area contributed by atoms with Gasteiger partial charge in [-0.1, -0.05) is 12.1 Å². The summed E-state index contributed by atoms with van der Waals surface area (Å²) < 4.78 is 2.66. The first-order valence-corrected chi connectivity index (χ1v) is 5.78. The molecular formula is C11H7BrClN3. The van der Waals surface area contributed by atoms with Crippen LogP contribution in [0.4, 0.5) is 0 Å². The lowest BCUT2D eigenvalue weighted by molar-refractivity contribution is 0.879. The van der Waals surface area contributed by atoms with Crippen LogP contribution in [0.15, 0.2) is 41.1 Å². The van der Waals surface area contributed by atoms with Crippen LogP contribution >= 0.6 is 27.5 Å². The highest BCUT2D eigenvalue weighted by Crippen LogP contribution is 2.21. The van der Waals surface area contributed by atoms with Gasteiger partial charge in [0.05, 0.1) is 22.4 Å². The molecule has 2 aromatic rings. The molecule has 0 radical (unpaired) electrons. The number of rotatable bonds is 2. The van der Waals surface area contributed by atoms with E-state index in [0.717, 1.165) is 15.7 Å². The molecular weight excluding hydrogens is 289 g/mol. The second kappa shape index (κ2) is 4.69. The molecule has 5 heteroatoms. The van der Waals surface area contributed by atoms with Gasteiger partial charge in [-0.2, -0.15) is 10.4 Å². The normalized spacial score (nSPS) is 12.1. The summed E-state index contributed by atoms with van der Waals surface area (Å²) in [6, 6.07) is 9.38. The molecule has 0 aliphatic carbocycles. The molecule has 1 aromatic carbocycles. The zero-order chi connectivity index (χ0) is 11.5. The summed E-state index contributed by atoms with van der Waals surface area (Å²) in [4.78, 5) is 0. The summed E-state index contributed by atoms with van der Waals surface area (Å²) in [6.45, 7) is 0. The van der Waals surface area contributed by atoms with E-state index in [1.807, 2.05) is 36.5 Å². The van der Waals surface area contributed by atoms with Crippen molar-refractivity contribution in [2.24, 2.45) is 0 Å². The maximum Gasteiger partial charge on any atom is 0.145 e. The van der Waals surface area contributed by atoms with Crippen LogP contribution in [-0.2, 0) is 0 Å². The van der Waals surface area contributed by atoms with Gasteiger partial charge in [0.1, 0.15) is 5.38 Å². The predicted molar refractivity (Wildman–Crippen MR) is 65.5 cm³/mol. The molecule has 0 aliphatic heterocycles. The first-order chi connectivity index (χ1) is 7.70. The van der Waals surface area contributed by atoms with Gasteiger partial charge in [-0.25, -0.2) is 4.68 Å². The van der Waals surface area contributed by atoms with Gasteiger partial charge in [0.2, 0.25) is 0 Å². The number of hydrogen-bond acceptors (Lipinski definition) is 2. The fourth-order valence-corrected chi connectivity index (χ4v) is 1.74. The minimum Gasteiger partial charge on any atom is -0.240 e. The largest absolute Gasteiger partial charge is 0.240 e. The lowest BCUT2D eigenvalue weighted by Crippen LogP contribution is -1.94. The summed E-state index contributed by atoms with van der Waals surface area (Å²) in [7, 11) is 0. The van der Waals surface area contributed by atoms with E-state index in [1.54, 1.807) is 10.9 Å². The van der Waals surface area contributed by atoms with Crippen molar-refractivity contribution in [3.8, 4) is 11.8 Å². The van der Waals surface area contributed by atoms with Crippen LogP contribution in [0.25, 0.3) is 5.69 Å². The highest BCUT2D eigenvalue weighted by molar-refractivity contribution is 9.10. The molecule has 0 bridgehead atoms. The van der Waals surface area contributed by atoms with Gasteiger partial charge in [0.25, 0.3) is 0 Å². The van der Waals surface area contributed by atoms with Crippen LogP contribution in [-0.4, -0.2) is 9.78 Å². The number of alkyl halides is 1. The van der Waals surface area contributed by atoms with Crippen LogP contribution < -0.4 is 0 Å². The van der Waals surface area contributed by atoms with Gasteiger partial charge < -0.3 is 0 Å². The highest BCUT2D eigenvalue weighted by atomic mass is 79.9. The van der Waals surface area contributed by atoms with Crippen molar-refractivity contribution in [3.63, 3.8) is 0 Å². The molecule has 1 heterocycles. The molecule has 1 aromatic heterocycles. The standard InChI is InChI=1S/C11H7BrClN3/c12-9-6-15-16(7-9)10-3-1-8(2-4-10)11(13)5-14/h1-4,6-7,11H. The molecule has 16 heavy (non-hydrogen) atoms. The third kappa shape index (κ3) is 2.26.